The van der Waals surface area contributed by atoms with E-state index in [2.05, 4.69) is 0 Å². The fourth-order valence-corrected chi connectivity index (χ4v) is 3.35. The van der Waals surface area contributed by atoms with Gasteiger partial charge in [-0.05, 0) is 26.3 Å². The predicted molar refractivity (Wildman–Crippen MR) is 68.3 cm³/mol. The molecule has 0 saturated carbocycles. The summed E-state index contributed by atoms with van der Waals surface area (Å²) in [6, 6.07) is 4.15. The van der Waals surface area contributed by atoms with Crippen LogP contribution >= 0.6 is 7.60 Å². The summed E-state index contributed by atoms with van der Waals surface area (Å²) in [5, 5.41) is 11.0. The molecule has 0 aromatic heterocycles. The van der Waals surface area contributed by atoms with E-state index in [1.54, 1.807) is 20.8 Å². The van der Waals surface area contributed by atoms with Crippen molar-refractivity contribution in [2.24, 2.45) is 0 Å². The number of non-ortho nitro benzene ring substituents is 1. The van der Waals surface area contributed by atoms with Gasteiger partial charge in [-0.2, -0.15) is 0 Å². The van der Waals surface area contributed by atoms with Gasteiger partial charge in [0.05, 0.1) is 23.4 Å². The number of rotatable bonds is 6. The van der Waals surface area contributed by atoms with E-state index in [0.717, 1.165) is 0 Å². The van der Waals surface area contributed by atoms with E-state index >= 15 is 0 Å². The van der Waals surface area contributed by atoms with Crippen LogP contribution in [-0.4, -0.2) is 18.1 Å². The summed E-state index contributed by atoms with van der Waals surface area (Å²) < 4.78 is 22.9. The number of hydrogen-bond acceptors (Lipinski definition) is 5. The second-order valence-electron chi connectivity index (χ2n) is 3.56. The van der Waals surface area contributed by atoms with Crippen molar-refractivity contribution in [2.45, 2.75) is 20.8 Å². The molecule has 6 nitrogen and oxygen atoms in total. The van der Waals surface area contributed by atoms with Crippen LogP contribution in [0.5, 0.6) is 0 Å². The molecule has 0 unspecified atom stereocenters. The normalized spacial score (nSPS) is 11.5. The second kappa shape index (κ2) is 6.09. The molecule has 7 heteroatoms. The van der Waals surface area contributed by atoms with E-state index in [1.807, 2.05) is 0 Å². The predicted octanol–water partition coefficient (Wildman–Crippen LogP) is 2.79. The SMILES string of the molecule is CCOP(=O)(OCC)c1cc([N+](=O)[O-])ccc1C. The zero-order chi connectivity index (χ0) is 13.8. The van der Waals surface area contributed by atoms with Crippen LogP contribution in [0.4, 0.5) is 5.69 Å². The Bertz CT molecular complexity index is 478. The van der Waals surface area contributed by atoms with Gasteiger partial charge in [-0.1, -0.05) is 6.07 Å². The topological polar surface area (TPSA) is 78.7 Å². The van der Waals surface area contributed by atoms with Gasteiger partial charge in [0.15, 0.2) is 0 Å². The zero-order valence-electron chi connectivity index (χ0n) is 10.6. The lowest BCUT2D eigenvalue weighted by Gasteiger charge is -2.18. The summed E-state index contributed by atoms with van der Waals surface area (Å²) in [6.45, 7) is 5.51. The highest BCUT2D eigenvalue weighted by atomic mass is 31.2. The Labute approximate surface area is 106 Å². The number of benzene rings is 1. The van der Waals surface area contributed by atoms with Crippen LogP contribution in [-0.2, 0) is 13.6 Å². The average molecular weight is 273 g/mol. The Morgan fingerprint density at radius 3 is 2.28 bits per heavy atom. The molecule has 0 fully saturated rings. The number of aryl methyl sites for hydroxylation is 1. The highest BCUT2D eigenvalue weighted by Crippen LogP contribution is 2.48. The van der Waals surface area contributed by atoms with Gasteiger partial charge in [0.1, 0.15) is 0 Å². The molecule has 0 bridgehead atoms. The lowest BCUT2D eigenvalue weighted by Crippen LogP contribution is -2.14. The lowest BCUT2D eigenvalue weighted by molar-refractivity contribution is -0.384. The number of nitro groups is 1. The van der Waals surface area contributed by atoms with Crippen molar-refractivity contribution < 1.29 is 18.5 Å². The largest absolute Gasteiger partial charge is 0.361 e. The standard InChI is InChI=1S/C11H16NO5P/c1-4-16-18(15,17-5-2)11-8-10(12(13)14)7-6-9(11)3/h6-8H,4-5H2,1-3H3. The molecule has 0 atom stereocenters. The smallest absolute Gasteiger partial charge is 0.305 e. The van der Waals surface area contributed by atoms with Crippen molar-refractivity contribution >= 4 is 18.6 Å². The summed E-state index contributed by atoms with van der Waals surface area (Å²) in [7, 11) is -3.48. The minimum atomic E-state index is -3.48. The Morgan fingerprint density at radius 1 is 1.28 bits per heavy atom. The molecule has 0 radical (unpaired) electrons. The van der Waals surface area contributed by atoms with Crippen molar-refractivity contribution in [3.05, 3.63) is 33.9 Å². The Balaban J connectivity index is 3.31. The number of nitrogens with zero attached hydrogens (tertiary/aromatic N) is 1. The van der Waals surface area contributed by atoms with E-state index in [-0.39, 0.29) is 24.2 Å². The van der Waals surface area contributed by atoms with Crippen molar-refractivity contribution in [1.29, 1.82) is 0 Å². The average Bonchev–Trinajstić information content (AvgIpc) is 2.29. The van der Waals surface area contributed by atoms with Crippen LogP contribution in [0.2, 0.25) is 0 Å². The summed E-state index contributed by atoms with van der Waals surface area (Å²) >= 11 is 0. The van der Waals surface area contributed by atoms with E-state index in [9.17, 15) is 14.7 Å². The molecule has 0 aliphatic heterocycles. The molecule has 18 heavy (non-hydrogen) atoms. The molecule has 1 aromatic rings. The first-order valence-electron chi connectivity index (χ1n) is 5.59. The van der Waals surface area contributed by atoms with Gasteiger partial charge in [-0.3, -0.25) is 14.7 Å². The van der Waals surface area contributed by atoms with E-state index in [1.165, 1.54) is 18.2 Å². The molecule has 100 valence electrons. The highest BCUT2D eigenvalue weighted by Gasteiger charge is 2.30. The van der Waals surface area contributed by atoms with Crippen LogP contribution < -0.4 is 5.30 Å². The van der Waals surface area contributed by atoms with E-state index in [4.69, 9.17) is 9.05 Å². The fraction of sp³-hybridized carbons (Fsp3) is 0.455. The molecule has 0 heterocycles. The summed E-state index contributed by atoms with van der Waals surface area (Å²) in [6.07, 6.45) is 0. The Kier molecular flexibility index (Phi) is 5.02. The summed E-state index contributed by atoms with van der Waals surface area (Å²) in [4.78, 5) is 10.2. The fourth-order valence-electron chi connectivity index (χ4n) is 1.52. The van der Waals surface area contributed by atoms with Gasteiger partial charge >= 0.3 is 7.60 Å². The molecular weight excluding hydrogens is 257 g/mol. The molecule has 0 N–H and O–H groups in total. The van der Waals surface area contributed by atoms with Crippen LogP contribution in [0.1, 0.15) is 19.4 Å². The van der Waals surface area contributed by atoms with Crippen molar-refractivity contribution in [1.82, 2.24) is 0 Å². The third-order valence-corrected chi connectivity index (χ3v) is 4.56. The lowest BCUT2D eigenvalue weighted by atomic mass is 10.2. The summed E-state index contributed by atoms with van der Waals surface area (Å²) in [5.41, 5.74) is 0.515. The van der Waals surface area contributed by atoms with Crippen molar-refractivity contribution in [2.75, 3.05) is 13.2 Å². The molecule has 0 aliphatic carbocycles. The monoisotopic (exact) mass is 273 g/mol. The van der Waals surface area contributed by atoms with Crippen molar-refractivity contribution in [3.63, 3.8) is 0 Å². The van der Waals surface area contributed by atoms with Gasteiger partial charge in [0.2, 0.25) is 0 Å². The Morgan fingerprint density at radius 2 is 1.83 bits per heavy atom. The van der Waals surface area contributed by atoms with Gasteiger partial charge in [-0.25, -0.2) is 0 Å². The van der Waals surface area contributed by atoms with Crippen LogP contribution in [0.15, 0.2) is 18.2 Å². The third-order valence-electron chi connectivity index (χ3n) is 2.30. The molecule has 1 aromatic carbocycles. The van der Waals surface area contributed by atoms with Crippen molar-refractivity contribution in [3.8, 4) is 0 Å². The number of nitro benzene ring substituents is 1. The van der Waals surface area contributed by atoms with Gasteiger partial charge in [0, 0.05) is 12.1 Å². The maximum Gasteiger partial charge on any atom is 0.361 e. The summed E-state index contributed by atoms with van der Waals surface area (Å²) in [5.74, 6) is 0. The van der Waals surface area contributed by atoms with Gasteiger partial charge in [-0.15, -0.1) is 0 Å². The van der Waals surface area contributed by atoms with Crippen LogP contribution in [0, 0.1) is 17.0 Å². The second-order valence-corrected chi connectivity index (χ2v) is 5.55. The molecule has 0 saturated heterocycles. The van der Waals surface area contributed by atoms with E-state index < -0.39 is 12.5 Å². The van der Waals surface area contributed by atoms with Crippen LogP contribution in [0.3, 0.4) is 0 Å². The first kappa shape index (κ1) is 14.8. The maximum absolute atomic E-state index is 12.5. The molecular formula is C11H16NO5P. The minimum absolute atomic E-state index is 0.129. The highest BCUT2D eigenvalue weighted by molar-refractivity contribution is 7.62. The van der Waals surface area contributed by atoms with Gasteiger partial charge < -0.3 is 9.05 Å². The first-order chi connectivity index (χ1) is 8.44. The quantitative estimate of drug-likeness (QED) is 0.452. The molecule has 0 spiro atoms. The third kappa shape index (κ3) is 3.16. The number of hydrogen-bond donors (Lipinski definition) is 0. The maximum atomic E-state index is 12.5. The molecule has 1 rings (SSSR count). The van der Waals surface area contributed by atoms with Crippen LogP contribution in [0.25, 0.3) is 0 Å². The van der Waals surface area contributed by atoms with Gasteiger partial charge in [0.25, 0.3) is 5.69 Å². The minimum Gasteiger partial charge on any atom is -0.305 e. The van der Waals surface area contributed by atoms with E-state index in [0.29, 0.717) is 5.56 Å². The first-order valence-corrected chi connectivity index (χ1v) is 7.13. The Hall–Kier alpha value is -1.23. The molecule has 0 amide bonds. The molecule has 0 aliphatic rings. The zero-order valence-corrected chi connectivity index (χ0v) is 11.5.